The Kier molecular flexibility index (Phi) is 4.22. The predicted octanol–water partition coefficient (Wildman–Crippen LogP) is 3.63. The van der Waals surface area contributed by atoms with Crippen molar-refractivity contribution in [3.05, 3.63) is 35.9 Å². The highest BCUT2D eigenvalue weighted by Crippen LogP contribution is 2.53. The van der Waals surface area contributed by atoms with E-state index < -0.39 is 11.5 Å². The lowest BCUT2D eigenvalue weighted by atomic mass is 9.69. The number of carbonyl (C=O) groups excluding carboxylic acids is 1. The summed E-state index contributed by atoms with van der Waals surface area (Å²) in [7, 11) is 0. The van der Waals surface area contributed by atoms with E-state index in [0.717, 1.165) is 18.4 Å². The first-order valence-electron chi connectivity index (χ1n) is 7.29. The third kappa shape index (κ3) is 3.02. The first-order chi connectivity index (χ1) is 9.89. The standard InChI is InChI=1S/C17H22N2O2/c1-16(2)14(9-10-17(16,3)12-18)21-15(20)19-11-13-7-5-4-6-8-13/h4-8,14H,9-11H2,1-3H3,(H,19,20)/t14-,17-/m1/s1. The van der Waals surface area contributed by atoms with E-state index in [2.05, 4.69) is 11.4 Å². The molecule has 21 heavy (non-hydrogen) atoms. The summed E-state index contributed by atoms with van der Waals surface area (Å²) < 4.78 is 5.54. The smallest absolute Gasteiger partial charge is 0.407 e. The molecule has 1 aromatic rings. The maximum atomic E-state index is 11.9. The van der Waals surface area contributed by atoms with Crippen molar-refractivity contribution in [2.45, 2.75) is 46.3 Å². The van der Waals surface area contributed by atoms with Crippen LogP contribution in [0.3, 0.4) is 0 Å². The fourth-order valence-corrected chi connectivity index (χ4v) is 2.81. The molecule has 1 aliphatic carbocycles. The number of nitriles is 1. The molecule has 2 rings (SSSR count). The normalized spacial score (nSPS) is 26.9. The summed E-state index contributed by atoms with van der Waals surface area (Å²) >= 11 is 0. The number of carbonyl (C=O) groups is 1. The number of ether oxygens (including phenoxy) is 1. The Morgan fingerprint density at radius 3 is 2.62 bits per heavy atom. The summed E-state index contributed by atoms with van der Waals surface area (Å²) in [5, 5.41) is 12.1. The summed E-state index contributed by atoms with van der Waals surface area (Å²) in [5.41, 5.74) is 0.241. The maximum absolute atomic E-state index is 11.9. The van der Waals surface area contributed by atoms with E-state index in [-0.39, 0.29) is 11.5 Å². The molecular formula is C17H22N2O2. The second-order valence-electron chi connectivity index (χ2n) is 6.44. The van der Waals surface area contributed by atoms with Gasteiger partial charge in [-0.25, -0.2) is 4.79 Å². The number of rotatable bonds is 3. The van der Waals surface area contributed by atoms with Crippen LogP contribution in [0.25, 0.3) is 0 Å². The highest BCUT2D eigenvalue weighted by molar-refractivity contribution is 5.67. The Labute approximate surface area is 126 Å². The zero-order valence-corrected chi connectivity index (χ0v) is 12.8. The number of nitrogens with one attached hydrogen (secondary N) is 1. The van der Waals surface area contributed by atoms with Crippen LogP contribution in [0.1, 0.15) is 39.2 Å². The minimum Gasteiger partial charge on any atom is -0.446 e. The summed E-state index contributed by atoms with van der Waals surface area (Å²) in [6, 6.07) is 12.1. The predicted molar refractivity (Wildman–Crippen MR) is 80.3 cm³/mol. The van der Waals surface area contributed by atoms with Crippen molar-refractivity contribution in [3.63, 3.8) is 0 Å². The van der Waals surface area contributed by atoms with Crippen LogP contribution in [0, 0.1) is 22.2 Å². The van der Waals surface area contributed by atoms with Crippen LogP contribution in [0.15, 0.2) is 30.3 Å². The van der Waals surface area contributed by atoms with Crippen LogP contribution in [0.2, 0.25) is 0 Å². The first kappa shape index (κ1) is 15.4. The van der Waals surface area contributed by atoms with Gasteiger partial charge in [0.2, 0.25) is 0 Å². The van der Waals surface area contributed by atoms with E-state index in [4.69, 9.17) is 4.74 Å². The number of benzene rings is 1. The Hall–Kier alpha value is -2.02. The van der Waals surface area contributed by atoms with Gasteiger partial charge in [0.25, 0.3) is 0 Å². The van der Waals surface area contributed by atoms with E-state index in [1.165, 1.54) is 0 Å². The van der Waals surface area contributed by atoms with Crippen molar-refractivity contribution in [1.29, 1.82) is 5.26 Å². The quantitative estimate of drug-likeness (QED) is 0.923. The van der Waals surface area contributed by atoms with E-state index in [1.54, 1.807) is 0 Å². The van der Waals surface area contributed by atoms with E-state index in [0.29, 0.717) is 6.54 Å². The van der Waals surface area contributed by atoms with Gasteiger partial charge in [0.15, 0.2) is 0 Å². The molecule has 0 saturated heterocycles. The molecule has 2 atom stereocenters. The average molecular weight is 286 g/mol. The van der Waals surface area contributed by atoms with Crippen molar-refractivity contribution in [1.82, 2.24) is 5.32 Å². The van der Waals surface area contributed by atoms with Gasteiger partial charge in [0.05, 0.1) is 11.5 Å². The third-order valence-corrected chi connectivity index (χ3v) is 4.91. The molecule has 0 aliphatic heterocycles. The van der Waals surface area contributed by atoms with Crippen LogP contribution >= 0.6 is 0 Å². The largest absolute Gasteiger partial charge is 0.446 e. The molecule has 1 amide bonds. The van der Waals surface area contributed by atoms with Crippen LogP contribution in [-0.4, -0.2) is 12.2 Å². The summed E-state index contributed by atoms with van der Waals surface area (Å²) in [6.45, 7) is 6.39. The molecule has 1 fully saturated rings. The van der Waals surface area contributed by atoms with E-state index in [1.807, 2.05) is 51.1 Å². The zero-order valence-electron chi connectivity index (χ0n) is 12.8. The minimum absolute atomic E-state index is 0.224. The van der Waals surface area contributed by atoms with E-state index in [9.17, 15) is 10.1 Å². The molecule has 1 aromatic carbocycles. The number of alkyl carbamates (subject to hydrolysis) is 1. The summed E-state index contributed by atoms with van der Waals surface area (Å²) in [5.74, 6) is 0. The maximum Gasteiger partial charge on any atom is 0.407 e. The molecule has 1 aliphatic rings. The molecule has 0 spiro atoms. The Balaban J connectivity index is 1.91. The van der Waals surface area contributed by atoms with E-state index >= 15 is 0 Å². The molecule has 0 heterocycles. The Morgan fingerprint density at radius 2 is 2.05 bits per heavy atom. The van der Waals surface area contributed by atoms with Gasteiger partial charge >= 0.3 is 6.09 Å². The van der Waals surface area contributed by atoms with Gasteiger partial charge in [-0.05, 0) is 25.3 Å². The second kappa shape index (κ2) is 5.77. The lowest BCUT2D eigenvalue weighted by molar-refractivity contribution is 0.0145. The molecule has 4 nitrogen and oxygen atoms in total. The monoisotopic (exact) mass is 286 g/mol. The topological polar surface area (TPSA) is 62.1 Å². The summed E-state index contributed by atoms with van der Waals surface area (Å²) in [6.07, 6.45) is 0.847. The van der Waals surface area contributed by atoms with Gasteiger partial charge in [-0.15, -0.1) is 0 Å². The highest BCUT2D eigenvalue weighted by Gasteiger charge is 2.53. The Bertz CT molecular complexity index is 548. The number of hydrogen-bond donors (Lipinski definition) is 1. The van der Waals surface area contributed by atoms with Gasteiger partial charge in [0.1, 0.15) is 6.10 Å². The fraction of sp³-hybridized carbons (Fsp3) is 0.529. The molecule has 0 aromatic heterocycles. The molecule has 112 valence electrons. The highest BCUT2D eigenvalue weighted by atomic mass is 16.6. The summed E-state index contributed by atoms with van der Waals surface area (Å²) in [4.78, 5) is 11.9. The third-order valence-electron chi connectivity index (χ3n) is 4.91. The van der Waals surface area contributed by atoms with Gasteiger partial charge in [-0.3, -0.25) is 0 Å². The van der Waals surface area contributed by atoms with Crippen molar-refractivity contribution >= 4 is 6.09 Å². The number of hydrogen-bond acceptors (Lipinski definition) is 3. The molecule has 0 unspecified atom stereocenters. The second-order valence-corrected chi connectivity index (χ2v) is 6.44. The van der Waals surface area contributed by atoms with Crippen LogP contribution in [0.5, 0.6) is 0 Å². The van der Waals surface area contributed by atoms with Crippen LogP contribution in [-0.2, 0) is 11.3 Å². The van der Waals surface area contributed by atoms with Gasteiger partial charge in [-0.2, -0.15) is 5.26 Å². The number of nitrogens with zero attached hydrogens (tertiary/aromatic N) is 1. The van der Waals surface area contributed by atoms with Crippen molar-refractivity contribution in [2.75, 3.05) is 0 Å². The van der Waals surface area contributed by atoms with Gasteiger partial charge in [-0.1, -0.05) is 44.2 Å². The zero-order chi connectivity index (χ0) is 15.5. The molecule has 0 radical (unpaired) electrons. The van der Waals surface area contributed by atoms with Crippen molar-refractivity contribution < 1.29 is 9.53 Å². The molecule has 1 N–H and O–H groups in total. The average Bonchev–Trinajstić information content (AvgIpc) is 2.70. The van der Waals surface area contributed by atoms with Crippen LogP contribution in [0.4, 0.5) is 4.79 Å². The molecular weight excluding hydrogens is 264 g/mol. The molecule has 4 heteroatoms. The van der Waals surface area contributed by atoms with Gasteiger partial charge in [0, 0.05) is 12.0 Å². The fourth-order valence-electron chi connectivity index (χ4n) is 2.81. The molecule has 0 bridgehead atoms. The molecule has 1 saturated carbocycles. The first-order valence-corrected chi connectivity index (χ1v) is 7.29. The van der Waals surface area contributed by atoms with Crippen molar-refractivity contribution in [2.24, 2.45) is 10.8 Å². The number of amides is 1. The minimum atomic E-state index is -0.447. The lowest BCUT2D eigenvalue weighted by Crippen LogP contribution is -2.40. The van der Waals surface area contributed by atoms with Crippen LogP contribution < -0.4 is 5.32 Å². The lowest BCUT2D eigenvalue weighted by Gasteiger charge is -2.35. The SMILES string of the molecule is CC1(C)[C@H](OC(=O)NCc2ccccc2)CC[C@]1(C)C#N. The van der Waals surface area contributed by atoms with Crippen molar-refractivity contribution in [3.8, 4) is 6.07 Å². The van der Waals surface area contributed by atoms with Gasteiger partial charge < -0.3 is 10.1 Å². The Morgan fingerprint density at radius 1 is 1.38 bits per heavy atom.